The molecule has 0 aromatic carbocycles. The summed E-state index contributed by atoms with van der Waals surface area (Å²) in [5.41, 5.74) is 0.312. The lowest BCUT2D eigenvalue weighted by Crippen LogP contribution is -2.42. The number of rotatable bonds is 3. The summed E-state index contributed by atoms with van der Waals surface area (Å²) >= 11 is 0. The van der Waals surface area contributed by atoms with Crippen LogP contribution in [0.15, 0.2) is 0 Å². The molecule has 17 heavy (non-hydrogen) atoms. The first-order valence-electron chi connectivity index (χ1n) is 6.77. The van der Waals surface area contributed by atoms with E-state index in [9.17, 15) is 8.42 Å². The van der Waals surface area contributed by atoms with Crippen LogP contribution in [0.3, 0.4) is 0 Å². The van der Waals surface area contributed by atoms with Crippen molar-refractivity contribution in [3.8, 4) is 0 Å². The highest BCUT2D eigenvalue weighted by Gasteiger charge is 2.36. The minimum atomic E-state index is -2.96. The SMILES string of the molecule is CC(C)(C)C1CCN(S(=O)(=O)CC2CC2)CC1. The van der Waals surface area contributed by atoms with Crippen molar-refractivity contribution in [2.24, 2.45) is 17.3 Å². The van der Waals surface area contributed by atoms with Crippen LogP contribution in [0.4, 0.5) is 0 Å². The molecule has 0 aromatic heterocycles. The summed E-state index contributed by atoms with van der Waals surface area (Å²) in [5, 5.41) is 0. The summed E-state index contributed by atoms with van der Waals surface area (Å²) in [6.07, 6.45) is 4.26. The third-order valence-electron chi connectivity index (χ3n) is 4.22. The molecule has 2 rings (SSSR count). The van der Waals surface area contributed by atoms with Crippen LogP contribution in [-0.4, -0.2) is 31.6 Å². The van der Waals surface area contributed by atoms with Crippen molar-refractivity contribution in [1.29, 1.82) is 0 Å². The molecule has 0 aromatic rings. The van der Waals surface area contributed by atoms with E-state index in [1.807, 2.05) is 0 Å². The maximum Gasteiger partial charge on any atom is 0.214 e. The van der Waals surface area contributed by atoms with Crippen molar-refractivity contribution >= 4 is 10.0 Å². The molecule has 2 fully saturated rings. The van der Waals surface area contributed by atoms with Gasteiger partial charge in [0.2, 0.25) is 10.0 Å². The summed E-state index contributed by atoms with van der Waals surface area (Å²) < 4.78 is 26.0. The molecule has 0 spiro atoms. The van der Waals surface area contributed by atoms with E-state index in [2.05, 4.69) is 20.8 Å². The Hall–Kier alpha value is -0.0900. The fraction of sp³-hybridized carbons (Fsp3) is 1.00. The van der Waals surface area contributed by atoms with E-state index in [0.717, 1.165) is 38.8 Å². The fourth-order valence-corrected chi connectivity index (χ4v) is 4.59. The standard InChI is InChI=1S/C13H25NO2S/c1-13(2,3)12-6-8-14(9-7-12)17(15,16)10-11-4-5-11/h11-12H,4-10H2,1-3H3. The van der Waals surface area contributed by atoms with Gasteiger partial charge in [0.15, 0.2) is 0 Å². The predicted molar refractivity (Wildman–Crippen MR) is 70.3 cm³/mol. The average Bonchev–Trinajstić information content (AvgIpc) is 3.00. The zero-order valence-corrected chi connectivity index (χ0v) is 12.1. The van der Waals surface area contributed by atoms with Crippen LogP contribution < -0.4 is 0 Å². The lowest BCUT2D eigenvalue weighted by molar-refractivity contribution is 0.154. The Bertz CT molecular complexity index is 357. The molecule has 4 heteroatoms. The van der Waals surface area contributed by atoms with E-state index in [1.165, 1.54) is 0 Å². The molecule has 1 saturated carbocycles. The van der Waals surface area contributed by atoms with Gasteiger partial charge in [-0.15, -0.1) is 0 Å². The van der Waals surface area contributed by atoms with Crippen LogP contribution in [0.2, 0.25) is 0 Å². The van der Waals surface area contributed by atoms with Gasteiger partial charge in [-0.1, -0.05) is 20.8 Å². The lowest BCUT2D eigenvalue weighted by atomic mass is 9.76. The first kappa shape index (κ1) is 13.3. The first-order chi connectivity index (χ1) is 7.79. The highest BCUT2D eigenvalue weighted by atomic mass is 32.2. The molecule has 2 aliphatic rings. The Balaban J connectivity index is 1.90. The normalized spacial score (nSPS) is 25.1. The van der Waals surface area contributed by atoms with Gasteiger partial charge in [-0.2, -0.15) is 0 Å². The molecule has 0 unspecified atom stereocenters. The van der Waals surface area contributed by atoms with Gasteiger partial charge in [0.05, 0.1) is 5.75 Å². The largest absolute Gasteiger partial charge is 0.214 e. The van der Waals surface area contributed by atoms with Crippen molar-refractivity contribution in [3.05, 3.63) is 0 Å². The van der Waals surface area contributed by atoms with Crippen molar-refractivity contribution in [2.75, 3.05) is 18.8 Å². The van der Waals surface area contributed by atoms with E-state index in [4.69, 9.17) is 0 Å². The molecule has 0 amide bonds. The molecule has 0 atom stereocenters. The van der Waals surface area contributed by atoms with Crippen molar-refractivity contribution in [3.63, 3.8) is 0 Å². The second-order valence-corrected chi connectivity index (χ2v) is 8.77. The maximum atomic E-state index is 12.1. The molecule has 0 bridgehead atoms. The van der Waals surface area contributed by atoms with Crippen LogP contribution in [0.5, 0.6) is 0 Å². The van der Waals surface area contributed by atoms with E-state index < -0.39 is 10.0 Å². The van der Waals surface area contributed by atoms with Crippen LogP contribution in [0.25, 0.3) is 0 Å². The molecule has 1 saturated heterocycles. The molecular weight excluding hydrogens is 234 g/mol. The Kier molecular flexibility index (Phi) is 3.56. The third kappa shape index (κ3) is 3.44. The van der Waals surface area contributed by atoms with Gasteiger partial charge < -0.3 is 0 Å². The van der Waals surface area contributed by atoms with Crippen LogP contribution in [0.1, 0.15) is 46.5 Å². The first-order valence-corrected chi connectivity index (χ1v) is 8.38. The molecule has 0 radical (unpaired) electrons. The number of hydrogen-bond acceptors (Lipinski definition) is 2. The average molecular weight is 259 g/mol. The Morgan fingerprint density at radius 1 is 1.06 bits per heavy atom. The van der Waals surface area contributed by atoms with Crippen molar-refractivity contribution in [2.45, 2.75) is 46.5 Å². The summed E-state index contributed by atoms with van der Waals surface area (Å²) in [4.78, 5) is 0. The summed E-state index contributed by atoms with van der Waals surface area (Å²) in [7, 11) is -2.96. The monoisotopic (exact) mass is 259 g/mol. The number of hydrogen-bond donors (Lipinski definition) is 0. The topological polar surface area (TPSA) is 37.4 Å². The molecule has 3 nitrogen and oxygen atoms in total. The predicted octanol–water partition coefficient (Wildman–Crippen LogP) is 2.48. The summed E-state index contributed by atoms with van der Waals surface area (Å²) in [5.74, 6) is 1.52. The van der Waals surface area contributed by atoms with Gasteiger partial charge in [0.1, 0.15) is 0 Å². The minimum absolute atomic E-state index is 0.312. The van der Waals surface area contributed by atoms with Gasteiger partial charge >= 0.3 is 0 Å². The summed E-state index contributed by atoms with van der Waals surface area (Å²) in [6.45, 7) is 8.23. The van der Waals surface area contributed by atoms with E-state index >= 15 is 0 Å². The van der Waals surface area contributed by atoms with Crippen molar-refractivity contribution < 1.29 is 8.42 Å². The van der Waals surface area contributed by atoms with Crippen LogP contribution >= 0.6 is 0 Å². The number of piperidine rings is 1. The lowest BCUT2D eigenvalue weighted by Gasteiger charge is -2.38. The highest BCUT2D eigenvalue weighted by Crippen LogP contribution is 2.36. The third-order valence-corrected chi connectivity index (χ3v) is 6.26. The molecule has 1 aliphatic heterocycles. The van der Waals surface area contributed by atoms with Gasteiger partial charge in [-0.05, 0) is 42.9 Å². The van der Waals surface area contributed by atoms with E-state index in [1.54, 1.807) is 4.31 Å². The number of sulfonamides is 1. The number of nitrogens with zero attached hydrogens (tertiary/aromatic N) is 1. The van der Waals surface area contributed by atoms with Crippen LogP contribution in [0, 0.1) is 17.3 Å². The Morgan fingerprint density at radius 2 is 1.59 bits per heavy atom. The molecule has 100 valence electrons. The zero-order chi connectivity index (χ0) is 12.7. The molecular formula is C13H25NO2S. The highest BCUT2D eigenvalue weighted by molar-refractivity contribution is 7.89. The Labute approximate surface area is 106 Å². The Morgan fingerprint density at radius 3 is 2.00 bits per heavy atom. The molecule has 1 aliphatic carbocycles. The second kappa shape index (κ2) is 4.54. The molecule has 1 heterocycles. The van der Waals surface area contributed by atoms with E-state index in [0.29, 0.717) is 23.0 Å². The smallest absolute Gasteiger partial charge is 0.212 e. The fourth-order valence-electron chi connectivity index (χ4n) is 2.69. The van der Waals surface area contributed by atoms with Gasteiger partial charge in [-0.25, -0.2) is 12.7 Å². The van der Waals surface area contributed by atoms with Gasteiger partial charge in [0, 0.05) is 13.1 Å². The molecule has 0 N–H and O–H groups in total. The van der Waals surface area contributed by atoms with Gasteiger partial charge in [0.25, 0.3) is 0 Å². The maximum absolute atomic E-state index is 12.1. The van der Waals surface area contributed by atoms with Crippen LogP contribution in [-0.2, 0) is 10.0 Å². The summed E-state index contributed by atoms with van der Waals surface area (Å²) in [6, 6.07) is 0. The quantitative estimate of drug-likeness (QED) is 0.781. The minimum Gasteiger partial charge on any atom is -0.212 e. The second-order valence-electron chi connectivity index (χ2n) is 6.76. The van der Waals surface area contributed by atoms with Gasteiger partial charge in [-0.3, -0.25) is 0 Å². The van der Waals surface area contributed by atoms with E-state index in [-0.39, 0.29) is 0 Å². The van der Waals surface area contributed by atoms with Crippen molar-refractivity contribution in [1.82, 2.24) is 4.31 Å². The zero-order valence-electron chi connectivity index (χ0n) is 11.3.